The summed E-state index contributed by atoms with van der Waals surface area (Å²) in [5.74, 6) is 0.716. The number of hydrogen-bond donors (Lipinski definition) is 3. The van der Waals surface area contributed by atoms with Crippen LogP contribution in [0.25, 0.3) is 0 Å². The minimum Gasteiger partial charge on any atom is -0.497 e. The molecule has 0 bridgehead atoms. The van der Waals surface area contributed by atoms with Crippen LogP contribution in [0.5, 0.6) is 5.75 Å². The molecular weight excluding hydrogens is 476 g/mol. The van der Waals surface area contributed by atoms with E-state index in [1.54, 1.807) is 14.2 Å². The molecular formula is C27H42N4O4S. The van der Waals surface area contributed by atoms with Gasteiger partial charge in [-0.25, -0.2) is 0 Å². The molecule has 0 aliphatic carbocycles. The molecule has 0 saturated carbocycles. The summed E-state index contributed by atoms with van der Waals surface area (Å²) in [6.45, 7) is 6.36. The van der Waals surface area contributed by atoms with Crippen LogP contribution < -0.4 is 15.2 Å². The summed E-state index contributed by atoms with van der Waals surface area (Å²) in [5.41, 5.74) is 4.34. The highest BCUT2D eigenvalue weighted by Crippen LogP contribution is 2.21. The number of methoxy groups -OCH3 is 2. The lowest BCUT2D eigenvalue weighted by atomic mass is 10.0. The van der Waals surface area contributed by atoms with Crippen molar-refractivity contribution in [2.24, 2.45) is 16.2 Å². The van der Waals surface area contributed by atoms with Gasteiger partial charge in [0.1, 0.15) is 12.0 Å². The van der Waals surface area contributed by atoms with Gasteiger partial charge in [0, 0.05) is 37.8 Å². The molecule has 0 spiro atoms. The molecule has 1 aliphatic heterocycles. The molecule has 0 radical (unpaired) electrons. The lowest BCUT2D eigenvalue weighted by Crippen LogP contribution is -2.21. The van der Waals surface area contributed by atoms with Gasteiger partial charge in [-0.05, 0) is 60.7 Å². The van der Waals surface area contributed by atoms with Gasteiger partial charge in [0.2, 0.25) is 0 Å². The number of rotatable bonds is 11. The molecule has 3 rings (SSSR count). The van der Waals surface area contributed by atoms with Crippen molar-refractivity contribution in [3.63, 3.8) is 0 Å². The fraction of sp³-hybridized carbons (Fsp3) is 0.481. The quantitative estimate of drug-likeness (QED) is 0.295. The maximum atomic E-state index is 11.1. The predicted molar refractivity (Wildman–Crippen MR) is 150 cm³/mol. The van der Waals surface area contributed by atoms with Crippen molar-refractivity contribution in [3.8, 4) is 5.75 Å². The van der Waals surface area contributed by atoms with Crippen LogP contribution in [0.1, 0.15) is 37.3 Å². The first kappa shape index (κ1) is 31.4. The first-order valence-electron chi connectivity index (χ1n) is 12.1. The molecule has 0 fully saturated rings. The fourth-order valence-corrected chi connectivity index (χ4v) is 3.76. The summed E-state index contributed by atoms with van der Waals surface area (Å²) in [5, 5.41) is 23.0. The molecule has 2 aromatic carbocycles. The van der Waals surface area contributed by atoms with Crippen LogP contribution in [0, 0.1) is 12.8 Å². The first-order valence-corrected chi connectivity index (χ1v) is 13.0. The van der Waals surface area contributed by atoms with Crippen molar-refractivity contribution in [1.29, 1.82) is 0 Å². The normalized spacial score (nSPS) is 14.1. The van der Waals surface area contributed by atoms with E-state index in [1.807, 2.05) is 48.5 Å². The van der Waals surface area contributed by atoms with Crippen molar-refractivity contribution in [3.05, 3.63) is 53.6 Å². The van der Waals surface area contributed by atoms with Crippen molar-refractivity contribution >= 4 is 29.6 Å². The number of benzene rings is 2. The number of hydrogen-bond acceptors (Lipinski definition) is 9. The zero-order chi connectivity index (χ0) is 26.8. The fourth-order valence-electron chi connectivity index (χ4n) is 3.31. The third-order valence-corrected chi connectivity index (χ3v) is 6.14. The lowest BCUT2D eigenvalue weighted by Gasteiger charge is -2.14. The molecule has 1 heterocycles. The van der Waals surface area contributed by atoms with E-state index in [0.29, 0.717) is 32.7 Å². The number of nitrogens with zero attached hydrogens (tertiary/aromatic N) is 2. The Bertz CT molecular complexity index is 924. The van der Waals surface area contributed by atoms with E-state index in [2.05, 4.69) is 30.3 Å². The Morgan fingerprint density at radius 1 is 1.28 bits per heavy atom. The second kappa shape index (κ2) is 18.6. The van der Waals surface area contributed by atoms with Crippen LogP contribution in [-0.2, 0) is 16.1 Å². The molecule has 0 amide bonds. The Labute approximate surface area is 220 Å². The molecule has 8 nitrogen and oxygen atoms in total. The van der Waals surface area contributed by atoms with Crippen LogP contribution in [0.2, 0.25) is 0 Å². The Kier molecular flexibility index (Phi) is 16.3. The molecule has 200 valence electrons. The highest BCUT2D eigenvalue weighted by atomic mass is 32.2. The Balaban J connectivity index is 0.000000339. The van der Waals surface area contributed by atoms with Crippen molar-refractivity contribution in [2.75, 3.05) is 46.3 Å². The standard InChI is InChI=1S/C15H20N2O3.C8H12N2S.C4H10O/c1-19-7-6-15-13(11-18)10-17(16-15)9-12-4-3-5-14(8-12)20-2;1-6-3-4-7(10-2)5-8(6)11-9;1-2-3-4-5/h3-5,8,11,13H,6-7,9-10H2,1-2H3;3-5,10H,9H2,1-2H3;5H,2-4H2,1H3. The van der Waals surface area contributed by atoms with Gasteiger partial charge in [-0.2, -0.15) is 5.10 Å². The SMILES string of the molecule is CCCCO.CNc1ccc(C)c(SN)c1.COCCC1=NN(Cc2cccc(OC)c2)CC1C=O. The van der Waals surface area contributed by atoms with E-state index in [9.17, 15) is 4.79 Å². The van der Waals surface area contributed by atoms with Gasteiger partial charge in [0.15, 0.2) is 0 Å². The molecule has 4 N–H and O–H groups in total. The number of nitrogens with one attached hydrogen (secondary N) is 1. The Hall–Kier alpha value is -2.59. The molecule has 0 aromatic heterocycles. The average Bonchev–Trinajstić information content (AvgIpc) is 3.30. The number of aliphatic hydroxyl groups is 1. The molecule has 36 heavy (non-hydrogen) atoms. The summed E-state index contributed by atoms with van der Waals surface area (Å²) < 4.78 is 10.3. The van der Waals surface area contributed by atoms with Gasteiger partial charge in [-0.1, -0.05) is 31.5 Å². The van der Waals surface area contributed by atoms with E-state index < -0.39 is 0 Å². The zero-order valence-electron chi connectivity index (χ0n) is 22.2. The third kappa shape index (κ3) is 11.4. The summed E-state index contributed by atoms with van der Waals surface area (Å²) >= 11 is 1.28. The number of aryl methyl sites for hydroxylation is 1. The van der Waals surface area contributed by atoms with Crippen molar-refractivity contribution in [1.82, 2.24) is 5.01 Å². The highest BCUT2D eigenvalue weighted by molar-refractivity contribution is 7.97. The number of carbonyl (C=O) groups is 1. The van der Waals surface area contributed by atoms with Gasteiger partial charge in [-0.15, -0.1) is 0 Å². The second-order valence-electron chi connectivity index (χ2n) is 8.20. The van der Waals surface area contributed by atoms with Crippen molar-refractivity contribution in [2.45, 2.75) is 44.6 Å². The van der Waals surface area contributed by atoms with E-state index in [1.165, 1.54) is 17.5 Å². The lowest BCUT2D eigenvalue weighted by molar-refractivity contribution is -0.109. The van der Waals surface area contributed by atoms with Gasteiger partial charge in [0.25, 0.3) is 0 Å². The molecule has 1 unspecified atom stereocenters. The average molecular weight is 519 g/mol. The number of aliphatic hydroxyl groups excluding tert-OH is 1. The summed E-state index contributed by atoms with van der Waals surface area (Å²) in [4.78, 5) is 12.2. The van der Waals surface area contributed by atoms with Crippen LogP contribution in [0.15, 0.2) is 52.5 Å². The number of hydrazone groups is 1. The topological polar surface area (TPSA) is 109 Å². The van der Waals surface area contributed by atoms with Crippen LogP contribution in [0.4, 0.5) is 5.69 Å². The highest BCUT2D eigenvalue weighted by Gasteiger charge is 2.25. The monoisotopic (exact) mass is 518 g/mol. The number of ether oxygens (including phenoxy) is 2. The number of unbranched alkanes of at least 4 members (excludes halogenated alkanes) is 1. The van der Waals surface area contributed by atoms with E-state index in [0.717, 1.165) is 46.7 Å². The van der Waals surface area contributed by atoms with E-state index in [4.69, 9.17) is 19.7 Å². The largest absolute Gasteiger partial charge is 0.497 e. The molecule has 1 aliphatic rings. The maximum Gasteiger partial charge on any atom is 0.130 e. The summed E-state index contributed by atoms with van der Waals surface area (Å²) in [6, 6.07) is 14.0. The molecule has 2 aromatic rings. The van der Waals surface area contributed by atoms with Crippen LogP contribution in [-0.4, -0.2) is 63.1 Å². The van der Waals surface area contributed by atoms with E-state index >= 15 is 0 Å². The number of carbonyl (C=O) groups excluding carboxylic acids is 1. The number of anilines is 1. The minimum absolute atomic E-state index is 0.115. The number of nitrogens with two attached hydrogens (primary N) is 1. The molecule has 0 saturated heterocycles. The van der Waals surface area contributed by atoms with Gasteiger partial charge in [-0.3, -0.25) is 10.1 Å². The van der Waals surface area contributed by atoms with Gasteiger partial charge < -0.3 is 24.7 Å². The Morgan fingerprint density at radius 2 is 2.06 bits per heavy atom. The van der Waals surface area contributed by atoms with Crippen molar-refractivity contribution < 1.29 is 19.4 Å². The van der Waals surface area contributed by atoms with E-state index in [-0.39, 0.29) is 5.92 Å². The minimum atomic E-state index is -0.115. The first-order chi connectivity index (χ1) is 17.5. The summed E-state index contributed by atoms with van der Waals surface area (Å²) in [6.07, 6.45) is 3.71. The molecule has 9 heteroatoms. The smallest absolute Gasteiger partial charge is 0.130 e. The van der Waals surface area contributed by atoms with Crippen LogP contribution in [0.3, 0.4) is 0 Å². The Morgan fingerprint density at radius 3 is 2.61 bits per heavy atom. The molecule has 1 atom stereocenters. The third-order valence-electron chi connectivity index (χ3n) is 5.45. The zero-order valence-corrected chi connectivity index (χ0v) is 23.0. The number of aldehydes is 1. The van der Waals surface area contributed by atoms with Gasteiger partial charge >= 0.3 is 0 Å². The van der Waals surface area contributed by atoms with Gasteiger partial charge in [0.05, 0.1) is 38.4 Å². The maximum absolute atomic E-state index is 11.1. The van der Waals surface area contributed by atoms with Crippen LogP contribution >= 0.6 is 11.9 Å². The summed E-state index contributed by atoms with van der Waals surface area (Å²) in [7, 11) is 5.20. The predicted octanol–water partition coefficient (Wildman–Crippen LogP) is 4.50. The second-order valence-corrected chi connectivity index (χ2v) is 8.88.